The standard InChI is InChI=1S/C20H19N3OS/c1-3-13-23-19(17-9-11-18(24-2)12-10-17)15-25-20(23)22-21-14-16-7-5-4-6-8-16/h3-12,14-15H,1,13H2,2H3/b21-14-,22-20-. The average molecular weight is 349 g/mol. The summed E-state index contributed by atoms with van der Waals surface area (Å²) in [5.74, 6) is 0.839. The number of nitrogens with zero attached hydrogens (tertiary/aromatic N) is 3. The zero-order chi connectivity index (χ0) is 17.5. The molecular formula is C20H19N3OS. The van der Waals surface area contributed by atoms with Crippen LogP contribution < -0.4 is 9.54 Å². The molecule has 1 aromatic heterocycles. The van der Waals surface area contributed by atoms with E-state index in [1.54, 1.807) is 24.7 Å². The van der Waals surface area contributed by atoms with Crippen LogP contribution in [0.5, 0.6) is 5.75 Å². The minimum atomic E-state index is 0.671. The van der Waals surface area contributed by atoms with Crippen molar-refractivity contribution in [2.24, 2.45) is 10.2 Å². The van der Waals surface area contributed by atoms with E-state index < -0.39 is 0 Å². The van der Waals surface area contributed by atoms with Gasteiger partial charge in [0.15, 0.2) is 0 Å². The predicted octanol–water partition coefficient (Wildman–Crippen LogP) is 4.35. The van der Waals surface area contributed by atoms with Crippen molar-refractivity contribution in [1.82, 2.24) is 4.57 Å². The van der Waals surface area contributed by atoms with Crippen LogP contribution in [0.1, 0.15) is 5.56 Å². The fourth-order valence-corrected chi connectivity index (χ4v) is 3.27. The van der Waals surface area contributed by atoms with E-state index in [2.05, 4.69) is 26.7 Å². The van der Waals surface area contributed by atoms with Gasteiger partial charge in [-0.1, -0.05) is 36.4 Å². The van der Waals surface area contributed by atoms with E-state index >= 15 is 0 Å². The molecule has 1 heterocycles. The molecule has 0 saturated heterocycles. The third-order valence-electron chi connectivity index (χ3n) is 3.64. The van der Waals surface area contributed by atoms with E-state index in [4.69, 9.17) is 4.74 Å². The molecule has 0 aliphatic rings. The van der Waals surface area contributed by atoms with E-state index in [-0.39, 0.29) is 0 Å². The summed E-state index contributed by atoms with van der Waals surface area (Å²) in [6.07, 6.45) is 3.62. The number of hydrogen-bond donors (Lipinski definition) is 0. The Kier molecular flexibility index (Phi) is 5.59. The molecule has 2 aromatic carbocycles. The van der Waals surface area contributed by atoms with Crippen LogP contribution in [-0.4, -0.2) is 17.9 Å². The van der Waals surface area contributed by atoms with Crippen LogP contribution in [-0.2, 0) is 6.54 Å². The molecule has 4 nitrogen and oxygen atoms in total. The van der Waals surface area contributed by atoms with E-state index in [9.17, 15) is 0 Å². The molecule has 0 fully saturated rings. The SMILES string of the molecule is C=CCn1c(-c2ccc(OC)cc2)cs/c1=N\N=C/c1ccccc1. The van der Waals surface area contributed by atoms with Gasteiger partial charge in [0.05, 0.1) is 19.0 Å². The molecule has 25 heavy (non-hydrogen) atoms. The maximum atomic E-state index is 5.23. The van der Waals surface area contributed by atoms with Gasteiger partial charge in [-0.15, -0.1) is 23.0 Å². The summed E-state index contributed by atoms with van der Waals surface area (Å²) in [6.45, 7) is 4.52. The van der Waals surface area contributed by atoms with E-state index in [1.807, 2.05) is 60.7 Å². The van der Waals surface area contributed by atoms with Gasteiger partial charge in [-0.3, -0.25) is 0 Å². The fourth-order valence-electron chi connectivity index (χ4n) is 2.39. The summed E-state index contributed by atoms with van der Waals surface area (Å²) in [7, 11) is 1.67. The second-order valence-corrected chi connectivity index (χ2v) is 6.12. The summed E-state index contributed by atoms with van der Waals surface area (Å²) in [6, 6.07) is 17.9. The number of hydrogen-bond acceptors (Lipinski definition) is 4. The van der Waals surface area contributed by atoms with Crippen molar-refractivity contribution in [2.75, 3.05) is 7.11 Å². The third kappa shape index (κ3) is 4.14. The number of methoxy groups -OCH3 is 1. The lowest BCUT2D eigenvalue weighted by molar-refractivity contribution is 0.415. The Morgan fingerprint density at radius 1 is 1.12 bits per heavy atom. The number of allylic oxidation sites excluding steroid dienone is 1. The summed E-state index contributed by atoms with van der Waals surface area (Å²) < 4.78 is 7.32. The van der Waals surface area contributed by atoms with E-state index in [0.717, 1.165) is 27.4 Å². The van der Waals surface area contributed by atoms with E-state index in [1.165, 1.54) is 0 Å². The summed E-state index contributed by atoms with van der Waals surface area (Å²) in [4.78, 5) is 0.831. The molecule has 0 radical (unpaired) electrons. The van der Waals surface area contributed by atoms with Gasteiger partial charge in [0.25, 0.3) is 0 Å². The van der Waals surface area contributed by atoms with Crippen molar-refractivity contribution in [3.05, 3.63) is 83.0 Å². The number of benzene rings is 2. The first kappa shape index (κ1) is 16.9. The highest BCUT2D eigenvalue weighted by Gasteiger charge is 2.07. The molecule has 0 N–H and O–H groups in total. The summed E-state index contributed by atoms with van der Waals surface area (Å²) in [5.41, 5.74) is 3.21. The Bertz CT molecular complexity index is 922. The first-order valence-electron chi connectivity index (χ1n) is 7.87. The molecule has 0 aliphatic carbocycles. The lowest BCUT2D eigenvalue weighted by atomic mass is 10.1. The van der Waals surface area contributed by atoms with Crippen molar-refractivity contribution in [3.8, 4) is 17.0 Å². The maximum Gasteiger partial charge on any atom is 0.211 e. The van der Waals surface area contributed by atoms with Gasteiger partial charge >= 0.3 is 0 Å². The van der Waals surface area contributed by atoms with Crippen molar-refractivity contribution in [2.45, 2.75) is 6.54 Å². The second kappa shape index (κ2) is 8.26. The van der Waals surface area contributed by atoms with Gasteiger partial charge in [-0.25, -0.2) is 0 Å². The third-order valence-corrected chi connectivity index (χ3v) is 4.50. The minimum absolute atomic E-state index is 0.671. The quantitative estimate of drug-likeness (QED) is 0.370. The van der Waals surface area contributed by atoms with Crippen molar-refractivity contribution in [1.29, 1.82) is 0 Å². The lowest BCUT2D eigenvalue weighted by Gasteiger charge is -2.07. The van der Waals surface area contributed by atoms with Crippen molar-refractivity contribution < 1.29 is 4.74 Å². The zero-order valence-corrected chi connectivity index (χ0v) is 14.8. The van der Waals surface area contributed by atoms with Gasteiger partial charge in [-0.05, 0) is 35.4 Å². The highest BCUT2D eigenvalue weighted by atomic mass is 32.1. The smallest absolute Gasteiger partial charge is 0.211 e. The monoisotopic (exact) mass is 349 g/mol. The molecule has 5 heteroatoms. The minimum Gasteiger partial charge on any atom is -0.497 e. The average Bonchev–Trinajstić information content (AvgIpc) is 3.06. The second-order valence-electron chi connectivity index (χ2n) is 5.29. The number of ether oxygens (including phenoxy) is 1. The lowest BCUT2D eigenvalue weighted by Crippen LogP contribution is -2.14. The molecule has 3 rings (SSSR count). The van der Waals surface area contributed by atoms with Gasteiger partial charge in [0.1, 0.15) is 5.75 Å². The highest BCUT2D eigenvalue weighted by Crippen LogP contribution is 2.23. The number of rotatable bonds is 6. The molecule has 0 bridgehead atoms. The molecule has 0 aliphatic heterocycles. The van der Waals surface area contributed by atoms with Crippen LogP contribution in [0.4, 0.5) is 0 Å². The molecule has 126 valence electrons. The predicted molar refractivity (Wildman–Crippen MR) is 104 cm³/mol. The molecule has 0 unspecified atom stereocenters. The topological polar surface area (TPSA) is 38.9 Å². The maximum absolute atomic E-state index is 5.23. The van der Waals surface area contributed by atoms with Crippen LogP contribution in [0.2, 0.25) is 0 Å². The van der Waals surface area contributed by atoms with Gasteiger partial charge in [0, 0.05) is 11.9 Å². The van der Waals surface area contributed by atoms with Crippen molar-refractivity contribution in [3.63, 3.8) is 0 Å². The summed E-state index contributed by atoms with van der Waals surface area (Å²) >= 11 is 1.56. The van der Waals surface area contributed by atoms with Crippen LogP contribution in [0.15, 0.2) is 82.8 Å². The molecule has 0 amide bonds. The molecule has 0 saturated carbocycles. The number of aromatic nitrogens is 1. The first-order valence-corrected chi connectivity index (χ1v) is 8.75. The number of thiazole rings is 1. The molecule has 0 atom stereocenters. The Labute approximate surface area is 151 Å². The zero-order valence-electron chi connectivity index (χ0n) is 14.0. The Morgan fingerprint density at radius 2 is 1.88 bits per heavy atom. The van der Waals surface area contributed by atoms with Crippen molar-refractivity contribution >= 4 is 17.6 Å². The van der Waals surface area contributed by atoms with Gasteiger partial charge in [-0.2, -0.15) is 5.10 Å². The van der Waals surface area contributed by atoms with Crippen LogP contribution >= 0.6 is 11.3 Å². The Hall–Kier alpha value is -2.92. The Morgan fingerprint density at radius 3 is 2.56 bits per heavy atom. The fraction of sp³-hybridized carbons (Fsp3) is 0.100. The van der Waals surface area contributed by atoms with Crippen LogP contribution in [0.25, 0.3) is 11.3 Å². The van der Waals surface area contributed by atoms with Crippen LogP contribution in [0.3, 0.4) is 0 Å². The first-order chi connectivity index (χ1) is 12.3. The molecule has 0 spiro atoms. The Balaban J connectivity index is 1.94. The van der Waals surface area contributed by atoms with Crippen LogP contribution in [0, 0.1) is 0 Å². The summed E-state index contributed by atoms with van der Waals surface area (Å²) in [5, 5.41) is 10.7. The van der Waals surface area contributed by atoms with Gasteiger partial charge in [0.2, 0.25) is 4.80 Å². The highest BCUT2D eigenvalue weighted by molar-refractivity contribution is 7.07. The van der Waals surface area contributed by atoms with E-state index in [0.29, 0.717) is 6.54 Å². The largest absolute Gasteiger partial charge is 0.497 e. The normalized spacial score (nSPS) is 11.8. The molecule has 3 aromatic rings. The molecular weight excluding hydrogens is 330 g/mol. The van der Waals surface area contributed by atoms with Gasteiger partial charge < -0.3 is 9.30 Å².